The van der Waals surface area contributed by atoms with Crippen LogP contribution in [0, 0.1) is 5.92 Å². The van der Waals surface area contributed by atoms with Crippen LogP contribution in [0.4, 0.5) is 5.82 Å². The van der Waals surface area contributed by atoms with E-state index in [-0.39, 0.29) is 5.56 Å². The van der Waals surface area contributed by atoms with E-state index in [1.165, 1.54) is 19.9 Å². The molecule has 0 radical (unpaired) electrons. The van der Waals surface area contributed by atoms with E-state index >= 15 is 0 Å². The Morgan fingerprint density at radius 1 is 1.60 bits per heavy atom. The number of anilines is 1. The quantitative estimate of drug-likeness (QED) is 0.842. The van der Waals surface area contributed by atoms with E-state index < -0.39 is 0 Å². The lowest BCUT2D eigenvalue weighted by atomic mass is 9.97. The van der Waals surface area contributed by atoms with E-state index in [1.807, 2.05) is 0 Å². The van der Waals surface area contributed by atoms with Crippen LogP contribution in [0.25, 0.3) is 0 Å². The molecule has 1 unspecified atom stereocenters. The summed E-state index contributed by atoms with van der Waals surface area (Å²) in [6.07, 6.45) is 3.76. The predicted octanol–water partition coefficient (Wildman–Crippen LogP) is 0.993. The standard InChI is InChI=1S/C14H24N4O2/c1-10(2)15-7-11-5-4-6-18(8-11)13-12(20-3)14(19)17-9-16-13/h9-11,15H,4-8H2,1-3H3,(H,16,17,19). The summed E-state index contributed by atoms with van der Waals surface area (Å²) in [5.74, 6) is 1.55. The molecule has 1 aromatic heterocycles. The fraction of sp³-hybridized carbons (Fsp3) is 0.714. The number of piperidine rings is 1. The molecule has 0 saturated carbocycles. The SMILES string of the molecule is COc1c(N2CCCC(CNC(C)C)C2)nc[nH]c1=O. The van der Waals surface area contributed by atoms with Crippen LogP contribution >= 0.6 is 0 Å². The molecule has 1 atom stereocenters. The van der Waals surface area contributed by atoms with Gasteiger partial charge in [-0.25, -0.2) is 4.98 Å². The Bertz CT molecular complexity index is 486. The van der Waals surface area contributed by atoms with Crippen LogP contribution in [0.2, 0.25) is 0 Å². The molecule has 0 amide bonds. The van der Waals surface area contributed by atoms with Crippen LogP contribution in [0.3, 0.4) is 0 Å². The van der Waals surface area contributed by atoms with Crippen LogP contribution in [0.1, 0.15) is 26.7 Å². The van der Waals surface area contributed by atoms with Crippen molar-refractivity contribution in [2.24, 2.45) is 5.92 Å². The lowest BCUT2D eigenvalue weighted by Crippen LogP contribution is -2.41. The lowest BCUT2D eigenvalue weighted by Gasteiger charge is -2.34. The first-order valence-corrected chi connectivity index (χ1v) is 7.21. The van der Waals surface area contributed by atoms with E-state index in [1.54, 1.807) is 0 Å². The minimum absolute atomic E-state index is 0.222. The summed E-state index contributed by atoms with van der Waals surface area (Å²) in [6, 6.07) is 0.498. The molecule has 1 fully saturated rings. The zero-order chi connectivity index (χ0) is 14.5. The molecule has 1 saturated heterocycles. The van der Waals surface area contributed by atoms with Crippen molar-refractivity contribution in [1.29, 1.82) is 0 Å². The Hall–Kier alpha value is -1.56. The van der Waals surface area contributed by atoms with Gasteiger partial charge in [0, 0.05) is 19.1 Å². The van der Waals surface area contributed by atoms with Gasteiger partial charge in [-0.05, 0) is 25.3 Å². The van der Waals surface area contributed by atoms with Crippen LogP contribution in [0.15, 0.2) is 11.1 Å². The third-order valence-electron chi connectivity index (χ3n) is 3.63. The predicted molar refractivity (Wildman–Crippen MR) is 79.5 cm³/mol. The van der Waals surface area contributed by atoms with Crippen LogP contribution < -0.4 is 20.5 Å². The van der Waals surface area contributed by atoms with Gasteiger partial charge in [-0.3, -0.25) is 4.79 Å². The fourth-order valence-corrected chi connectivity index (χ4v) is 2.61. The van der Waals surface area contributed by atoms with Crippen molar-refractivity contribution < 1.29 is 4.74 Å². The van der Waals surface area contributed by atoms with Crippen molar-refractivity contribution in [1.82, 2.24) is 15.3 Å². The van der Waals surface area contributed by atoms with Gasteiger partial charge in [-0.15, -0.1) is 0 Å². The number of H-pyrrole nitrogens is 1. The molecule has 20 heavy (non-hydrogen) atoms. The van der Waals surface area contributed by atoms with Crippen molar-refractivity contribution in [3.8, 4) is 5.75 Å². The molecule has 2 heterocycles. The van der Waals surface area contributed by atoms with Gasteiger partial charge in [0.05, 0.1) is 13.4 Å². The van der Waals surface area contributed by atoms with Gasteiger partial charge in [-0.1, -0.05) is 13.8 Å². The summed E-state index contributed by atoms with van der Waals surface area (Å²) in [4.78, 5) is 20.7. The summed E-state index contributed by atoms with van der Waals surface area (Å²) in [5.41, 5.74) is -0.222. The third-order valence-corrected chi connectivity index (χ3v) is 3.63. The fourth-order valence-electron chi connectivity index (χ4n) is 2.61. The lowest BCUT2D eigenvalue weighted by molar-refractivity contribution is 0.368. The van der Waals surface area contributed by atoms with Gasteiger partial charge < -0.3 is 19.9 Å². The summed E-state index contributed by atoms with van der Waals surface area (Å²) >= 11 is 0. The van der Waals surface area contributed by atoms with Crippen LogP contribution in [-0.2, 0) is 0 Å². The van der Waals surface area contributed by atoms with Gasteiger partial charge in [0.1, 0.15) is 0 Å². The molecular weight excluding hydrogens is 256 g/mol. The minimum atomic E-state index is -0.222. The highest BCUT2D eigenvalue weighted by atomic mass is 16.5. The smallest absolute Gasteiger partial charge is 0.295 e. The van der Waals surface area contributed by atoms with Gasteiger partial charge in [0.25, 0.3) is 5.56 Å². The van der Waals surface area contributed by atoms with E-state index in [2.05, 4.69) is 34.0 Å². The highest BCUT2D eigenvalue weighted by Crippen LogP contribution is 2.26. The summed E-state index contributed by atoms with van der Waals surface area (Å²) < 4.78 is 5.20. The number of nitrogens with one attached hydrogen (secondary N) is 2. The zero-order valence-electron chi connectivity index (χ0n) is 12.5. The third kappa shape index (κ3) is 3.50. The van der Waals surface area contributed by atoms with E-state index in [0.29, 0.717) is 23.5 Å². The number of aromatic nitrogens is 2. The Morgan fingerprint density at radius 3 is 3.10 bits per heavy atom. The Morgan fingerprint density at radius 2 is 2.40 bits per heavy atom. The van der Waals surface area contributed by atoms with Crippen molar-refractivity contribution in [3.05, 3.63) is 16.7 Å². The maximum atomic E-state index is 11.8. The number of aromatic amines is 1. The Balaban J connectivity index is 2.09. The van der Waals surface area contributed by atoms with Gasteiger partial charge in [0.15, 0.2) is 5.82 Å². The molecule has 112 valence electrons. The Kier molecular flexibility index (Phi) is 5.00. The maximum Gasteiger partial charge on any atom is 0.295 e. The number of hydrogen-bond acceptors (Lipinski definition) is 5. The zero-order valence-corrected chi connectivity index (χ0v) is 12.5. The molecule has 6 nitrogen and oxygen atoms in total. The average molecular weight is 280 g/mol. The summed E-state index contributed by atoms with van der Waals surface area (Å²) in [6.45, 7) is 7.14. The van der Waals surface area contributed by atoms with E-state index in [4.69, 9.17) is 4.74 Å². The molecular formula is C14H24N4O2. The first-order valence-electron chi connectivity index (χ1n) is 7.21. The molecule has 0 spiro atoms. The topological polar surface area (TPSA) is 70.2 Å². The second-order valence-electron chi connectivity index (χ2n) is 5.61. The first kappa shape index (κ1) is 14.8. The van der Waals surface area contributed by atoms with Gasteiger partial charge in [-0.2, -0.15) is 0 Å². The molecule has 2 N–H and O–H groups in total. The second-order valence-corrected chi connectivity index (χ2v) is 5.61. The molecule has 1 aliphatic rings. The molecule has 2 rings (SSSR count). The Labute approximate surface area is 119 Å². The van der Waals surface area contributed by atoms with Crippen LogP contribution in [-0.4, -0.2) is 42.8 Å². The highest BCUT2D eigenvalue weighted by Gasteiger charge is 2.24. The van der Waals surface area contributed by atoms with E-state index in [9.17, 15) is 4.79 Å². The molecule has 0 aliphatic carbocycles. The van der Waals surface area contributed by atoms with Crippen molar-refractivity contribution in [2.75, 3.05) is 31.6 Å². The normalized spacial score (nSPS) is 19.4. The minimum Gasteiger partial charge on any atom is -0.489 e. The largest absolute Gasteiger partial charge is 0.489 e. The number of ether oxygens (including phenoxy) is 1. The van der Waals surface area contributed by atoms with Gasteiger partial charge in [0.2, 0.25) is 5.75 Å². The number of methoxy groups -OCH3 is 1. The highest BCUT2D eigenvalue weighted by molar-refractivity contribution is 5.50. The van der Waals surface area contributed by atoms with Crippen LogP contribution in [0.5, 0.6) is 5.75 Å². The monoisotopic (exact) mass is 280 g/mol. The molecule has 0 aromatic carbocycles. The van der Waals surface area contributed by atoms with Crippen molar-refractivity contribution in [2.45, 2.75) is 32.7 Å². The molecule has 0 bridgehead atoms. The first-order chi connectivity index (χ1) is 9.61. The summed E-state index contributed by atoms with van der Waals surface area (Å²) in [5, 5.41) is 3.48. The van der Waals surface area contributed by atoms with Crippen molar-refractivity contribution >= 4 is 5.82 Å². The molecule has 1 aromatic rings. The van der Waals surface area contributed by atoms with Crippen molar-refractivity contribution in [3.63, 3.8) is 0 Å². The second kappa shape index (κ2) is 6.74. The van der Waals surface area contributed by atoms with Gasteiger partial charge >= 0.3 is 0 Å². The molecule has 6 heteroatoms. The van der Waals surface area contributed by atoms with E-state index in [0.717, 1.165) is 26.1 Å². The number of rotatable bonds is 5. The number of hydrogen-bond donors (Lipinski definition) is 2. The maximum absolute atomic E-state index is 11.8. The average Bonchev–Trinajstić information content (AvgIpc) is 2.45. The summed E-state index contributed by atoms with van der Waals surface area (Å²) in [7, 11) is 1.51. The molecule has 1 aliphatic heterocycles. The number of nitrogens with zero attached hydrogens (tertiary/aromatic N) is 2.